The minimum atomic E-state index is -0.566. The summed E-state index contributed by atoms with van der Waals surface area (Å²) >= 11 is 0. The number of morpholine rings is 1. The number of anilines is 2. The largest absolute Gasteiger partial charge is 0.379 e. The van der Waals surface area contributed by atoms with Crippen LogP contribution in [0.3, 0.4) is 0 Å². The zero-order valence-electron chi connectivity index (χ0n) is 19.8. The summed E-state index contributed by atoms with van der Waals surface area (Å²) < 4.78 is 19.7. The maximum atomic E-state index is 14.3. The van der Waals surface area contributed by atoms with Gasteiger partial charge in [0, 0.05) is 63.0 Å². The standard InChI is InChI=1S/C25H28FN5O4/c1-14-20(13-18-17-11-16(26)12-21(27-15(2)32)23(17)29-24(18)33)28-19-3-4-31(25(34)22(14)19)6-5-30-7-9-35-10-8-30/h11-13,28H,3-10H2,1-2H3,(H,27,32)(H,29,33)/b18-13-. The van der Waals surface area contributed by atoms with Crippen molar-refractivity contribution in [3.05, 3.63) is 46.0 Å². The van der Waals surface area contributed by atoms with Gasteiger partial charge < -0.3 is 25.3 Å². The van der Waals surface area contributed by atoms with E-state index in [9.17, 15) is 18.8 Å². The molecule has 5 rings (SSSR count). The number of H-pyrrole nitrogens is 1. The third-order valence-electron chi connectivity index (χ3n) is 6.76. The van der Waals surface area contributed by atoms with Gasteiger partial charge in [0.25, 0.3) is 11.8 Å². The van der Waals surface area contributed by atoms with Crippen LogP contribution in [0.15, 0.2) is 12.1 Å². The molecule has 0 unspecified atom stereocenters. The van der Waals surface area contributed by atoms with Crippen LogP contribution in [0.25, 0.3) is 11.6 Å². The van der Waals surface area contributed by atoms with Crippen molar-refractivity contribution in [2.45, 2.75) is 20.3 Å². The van der Waals surface area contributed by atoms with Crippen molar-refractivity contribution in [2.75, 3.05) is 56.6 Å². The first-order chi connectivity index (χ1) is 16.8. The molecular weight excluding hydrogens is 453 g/mol. The molecule has 3 aliphatic rings. The van der Waals surface area contributed by atoms with Gasteiger partial charge in [0.1, 0.15) is 5.82 Å². The van der Waals surface area contributed by atoms with Crippen molar-refractivity contribution in [3.63, 3.8) is 0 Å². The van der Waals surface area contributed by atoms with E-state index in [1.165, 1.54) is 19.1 Å². The molecule has 10 heteroatoms. The van der Waals surface area contributed by atoms with Gasteiger partial charge in [-0.3, -0.25) is 19.3 Å². The highest BCUT2D eigenvalue weighted by Crippen LogP contribution is 2.40. The molecule has 35 heavy (non-hydrogen) atoms. The van der Waals surface area contributed by atoms with Gasteiger partial charge >= 0.3 is 0 Å². The molecule has 3 N–H and O–H groups in total. The van der Waals surface area contributed by atoms with Crippen molar-refractivity contribution in [2.24, 2.45) is 0 Å². The molecule has 4 heterocycles. The molecule has 0 radical (unpaired) electrons. The van der Waals surface area contributed by atoms with Gasteiger partial charge in [-0.15, -0.1) is 0 Å². The topological polar surface area (TPSA) is 107 Å². The third-order valence-corrected chi connectivity index (χ3v) is 6.76. The number of amides is 3. The Morgan fingerprint density at radius 3 is 2.71 bits per heavy atom. The Hall–Kier alpha value is -3.50. The van der Waals surface area contributed by atoms with E-state index >= 15 is 0 Å². The first kappa shape index (κ1) is 23.3. The lowest BCUT2D eigenvalue weighted by Gasteiger charge is -2.32. The summed E-state index contributed by atoms with van der Waals surface area (Å²) in [5.41, 5.74) is 4.08. The zero-order chi connectivity index (χ0) is 24.7. The Balaban J connectivity index is 1.41. The third kappa shape index (κ3) is 4.46. The van der Waals surface area contributed by atoms with Crippen molar-refractivity contribution in [1.29, 1.82) is 0 Å². The number of nitrogens with one attached hydrogen (secondary N) is 3. The molecule has 1 fully saturated rings. The van der Waals surface area contributed by atoms with Crippen molar-refractivity contribution in [3.8, 4) is 0 Å². The first-order valence-corrected chi connectivity index (χ1v) is 11.8. The Bertz CT molecular complexity index is 1240. The number of aromatic amines is 1. The monoisotopic (exact) mass is 481 g/mol. The number of halogens is 1. The molecule has 0 aliphatic carbocycles. The smallest absolute Gasteiger partial charge is 0.256 e. The number of benzene rings is 1. The highest BCUT2D eigenvalue weighted by molar-refractivity contribution is 6.36. The van der Waals surface area contributed by atoms with E-state index in [1.54, 1.807) is 6.08 Å². The van der Waals surface area contributed by atoms with Crippen molar-refractivity contribution in [1.82, 2.24) is 14.8 Å². The average molecular weight is 482 g/mol. The normalized spacial score (nSPS) is 19.1. The van der Waals surface area contributed by atoms with E-state index < -0.39 is 11.7 Å². The van der Waals surface area contributed by atoms with Crippen LogP contribution < -0.4 is 10.6 Å². The molecule has 0 saturated carbocycles. The summed E-state index contributed by atoms with van der Waals surface area (Å²) in [4.78, 5) is 45.1. The molecule has 0 bridgehead atoms. The quantitative estimate of drug-likeness (QED) is 0.568. The summed E-state index contributed by atoms with van der Waals surface area (Å²) in [6.45, 7) is 8.46. The van der Waals surface area contributed by atoms with Crippen LogP contribution in [0.5, 0.6) is 0 Å². The number of rotatable bonds is 5. The molecule has 9 nitrogen and oxygen atoms in total. The predicted octanol–water partition coefficient (Wildman–Crippen LogP) is 2.24. The van der Waals surface area contributed by atoms with Crippen LogP contribution in [0.4, 0.5) is 15.8 Å². The Morgan fingerprint density at radius 2 is 1.97 bits per heavy atom. The van der Waals surface area contributed by atoms with Gasteiger partial charge in [-0.25, -0.2) is 4.39 Å². The van der Waals surface area contributed by atoms with Gasteiger partial charge in [0.2, 0.25) is 5.91 Å². The maximum absolute atomic E-state index is 14.3. The van der Waals surface area contributed by atoms with Crippen LogP contribution in [0.1, 0.15) is 39.8 Å². The highest BCUT2D eigenvalue weighted by atomic mass is 19.1. The van der Waals surface area contributed by atoms with Crippen molar-refractivity contribution < 1.29 is 23.5 Å². The molecule has 1 aromatic carbocycles. The lowest BCUT2D eigenvalue weighted by Crippen LogP contribution is -2.45. The minimum absolute atomic E-state index is 0.0202. The van der Waals surface area contributed by atoms with Gasteiger partial charge in [-0.1, -0.05) is 0 Å². The van der Waals surface area contributed by atoms with Gasteiger partial charge in [0.05, 0.1) is 35.7 Å². The Kier molecular flexibility index (Phi) is 6.16. The van der Waals surface area contributed by atoms with E-state index in [2.05, 4.69) is 20.5 Å². The van der Waals surface area contributed by atoms with Crippen LogP contribution in [-0.4, -0.2) is 78.4 Å². The fraction of sp³-hybridized carbons (Fsp3) is 0.400. The minimum Gasteiger partial charge on any atom is -0.379 e. The molecule has 0 atom stereocenters. The molecule has 0 spiro atoms. The number of aromatic nitrogens is 1. The van der Waals surface area contributed by atoms with Crippen LogP contribution >= 0.6 is 0 Å². The lowest BCUT2D eigenvalue weighted by atomic mass is 10.0. The fourth-order valence-corrected chi connectivity index (χ4v) is 4.94. The number of fused-ring (bicyclic) bond motifs is 2. The summed E-state index contributed by atoms with van der Waals surface area (Å²) in [5, 5.41) is 5.28. The Labute approximate surface area is 202 Å². The molecule has 3 aliphatic heterocycles. The second kappa shape index (κ2) is 9.27. The predicted molar refractivity (Wildman–Crippen MR) is 130 cm³/mol. The van der Waals surface area contributed by atoms with Crippen molar-refractivity contribution >= 4 is 40.7 Å². The number of hydrogen-bond acceptors (Lipinski definition) is 5. The van der Waals surface area contributed by atoms with Crippen LogP contribution in [-0.2, 0) is 20.7 Å². The number of carbonyl (C=O) groups is 3. The summed E-state index contributed by atoms with van der Waals surface area (Å²) in [7, 11) is 0. The van der Waals surface area contributed by atoms with E-state index in [4.69, 9.17) is 4.74 Å². The van der Waals surface area contributed by atoms with E-state index in [0.717, 1.165) is 44.1 Å². The molecular formula is C25H28FN5O4. The second-order valence-corrected chi connectivity index (χ2v) is 9.08. The van der Waals surface area contributed by atoms with Gasteiger partial charge in [-0.05, 0) is 30.7 Å². The number of carbonyl (C=O) groups excluding carboxylic acids is 3. The highest BCUT2D eigenvalue weighted by Gasteiger charge is 2.32. The second-order valence-electron chi connectivity index (χ2n) is 9.08. The number of hydrogen-bond donors (Lipinski definition) is 3. The van der Waals surface area contributed by atoms with Gasteiger partial charge in [0.15, 0.2) is 0 Å². The first-order valence-electron chi connectivity index (χ1n) is 11.8. The van der Waals surface area contributed by atoms with Crippen LogP contribution in [0.2, 0.25) is 0 Å². The number of nitrogens with zero attached hydrogens (tertiary/aromatic N) is 2. The van der Waals surface area contributed by atoms with Crippen LogP contribution in [0, 0.1) is 12.7 Å². The summed E-state index contributed by atoms with van der Waals surface area (Å²) in [6, 6.07) is 2.44. The fourth-order valence-electron chi connectivity index (χ4n) is 4.94. The van der Waals surface area contributed by atoms with E-state index in [1.807, 2.05) is 11.8 Å². The number of ether oxygens (including phenoxy) is 1. The molecule has 2 aromatic rings. The molecule has 184 valence electrons. The zero-order valence-corrected chi connectivity index (χ0v) is 19.8. The molecule has 1 saturated heterocycles. The van der Waals surface area contributed by atoms with E-state index in [-0.39, 0.29) is 23.1 Å². The average Bonchev–Trinajstić information content (AvgIpc) is 3.31. The Morgan fingerprint density at radius 1 is 1.20 bits per heavy atom. The SMILES string of the molecule is CC(=O)Nc1cc(F)cc2c1NC(=O)/C2=C\c1[nH]c2c(c1C)C(=O)N(CCN1CCOCC1)CC2. The van der Waals surface area contributed by atoms with Gasteiger partial charge in [-0.2, -0.15) is 0 Å². The summed E-state index contributed by atoms with van der Waals surface area (Å²) in [6.07, 6.45) is 2.34. The maximum Gasteiger partial charge on any atom is 0.256 e. The molecule has 3 amide bonds. The van der Waals surface area contributed by atoms with E-state index in [0.29, 0.717) is 42.0 Å². The molecule has 1 aromatic heterocycles. The lowest BCUT2D eigenvalue weighted by molar-refractivity contribution is -0.114. The summed E-state index contributed by atoms with van der Waals surface area (Å²) in [5.74, 6) is -1.35.